The fourth-order valence-corrected chi connectivity index (χ4v) is 1.61. The van der Waals surface area contributed by atoms with Crippen molar-refractivity contribution >= 4 is 29.6 Å². The van der Waals surface area contributed by atoms with Crippen LogP contribution in [0.25, 0.3) is 0 Å². The Morgan fingerprint density at radius 2 is 1.83 bits per heavy atom. The van der Waals surface area contributed by atoms with Gasteiger partial charge in [0, 0.05) is 0 Å². The molecule has 18 heavy (non-hydrogen) atoms. The van der Waals surface area contributed by atoms with Crippen molar-refractivity contribution in [2.24, 2.45) is 5.28 Å². The van der Waals surface area contributed by atoms with Gasteiger partial charge in [-0.2, -0.15) is 0 Å². The number of hydrogen-bond donors (Lipinski definition) is 1. The first-order valence-corrected chi connectivity index (χ1v) is 5.59. The van der Waals surface area contributed by atoms with Crippen LogP contribution in [0.15, 0.2) is 35.6 Å². The molecule has 0 spiro atoms. The van der Waals surface area contributed by atoms with Gasteiger partial charge in [0.15, 0.2) is 0 Å². The van der Waals surface area contributed by atoms with E-state index in [0.29, 0.717) is 6.54 Å². The van der Waals surface area contributed by atoms with Gasteiger partial charge in [-0.05, 0) is 32.8 Å². The number of hydrazine groups is 1. The van der Waals surface area contributed by atoms with Crippen LogP contribution in [0.4, 0.5) is 0 Å². The Kier molecular flexibility index (Phi) is 7.28. The summed E-state index contributed by atoms with van der Waals surface area (Å²) in [6, 6.07) is 9.89. The average molecular weight is 261 g/mol. The van der Waals surface area contributed by atoms with Crippen LogP contribution in [0.3, 0.4) is 0 Å². The Labute approximate surface area is 130 Å². The second kappa shape index (κ2) is 7.61. The van der Waals surface area contributed by atoms with Crippen LogP contribution in [-0.4, -0.2) is 56.8 Å². The zero-order valence-corrected chi connectivity index (χ0v) is 10.5. The van der Waals surface area contributed by atoms with Crippen LogP contribution in [0.5, 0.6) is 0 Å². The maximum atomic E-state index is 11.4. The van der Waals surface area contributed by atoms with Crippen molar-refractivity contribution in [3.05, 3.63) is 41.1 Å². The van der Waals surface area contributed by atoms with E-state index in [0.717, 1.165) is 12.0 Å². The molecule has 0 saturated heterocycles. The average Bonchev–Trinajstić information content (AvgIpc) is 2.28. The van der Waals surface area contributed by atoms with E-state index in [2.05, 4.69) is 5.28 Å². The molecule has 0 aromatic heterocycles. The van der Waals surface area contributed by atoms with Gasteiger partial charge in [-0.15, -0.1) is 5.01 Å². The van der Waals surface area contributed by atoms with E-state index in [9.17, 15) is 5.21 Å². The molecule has 0 amide bonds. The van der Waals surface area contributed by atoms with Crippen molar-refractivity contribution in [2.45, 2.75) is 32.7 Å². The number of hydrogen-bond acceptors (Lipinski definition) is 2. The summed E-state index contributed by atoms with van der Waals surface area (Å²) >= 11 is 0. The molecule has 0 heterocycles. The second-order valence-electron chi connectivity index (χ2n) is 4.87. The van der Waals surface area contributed by atoms with Gasteiger partial charge in [-0.25, -0.2) is 0 Å². The minimum atomic E-state index is -0.386. The van der Waals surface area contributed by atoms with Crippen LogP contribution >= 0.6 is 0 Å². The molecule has 0 bridgehead atoms. The Morgan fingerprint density at radius 3 is 2.28 bits per heavy atom. The first-order valence-electron chi connectivity index (χ1n) is 5.59. The molecule has 0 saturated carbocycles. The van der Waals surface area contributed by atoms with Crippen molar-refractivity contribution < 1.29 is 10.2 Å². The molecule has 0 aliphatic rings. The van der Waals surface area contributed by atoms with Crippen molar-refractivity contribution in [3.63, 3.8) is 0 Å². The monoisotopic (exact) mass is 261 g/mol. The summed E-state index contributed by atoms with van der Waals surface area (Å²) in [6.45, 7) is 6.19. The SMILES string of the molecule is CC(C)(C)N(CCc1ccccc1)[N+]([O-])=NO.[NaH]. The first kappa shape index (κ1) is 17.2. The molecule has 0 aliphatic carbocycles. The molecule has 0 fully saturated rings. The van der Waals surface area contributed by atoms with E-state index in [1.54, 1.807) is 0 Å². The van der Waals surface area contributed by atoms with E-state index in [1.807, 2.05) is 51.1 Å². The van der Waals surface area contributed by atoms with Crippen LogP contribution in [0.2, 0.25) is 0 Å². The van der Waals surface area contributed by atoms with Gasteiger partial charge in [0.05, 0.1) is 17.1 Å². The number of rotatable bonds is 4. The molecule has 1 aromatic rings. The van der Waals surface area contributed by atoms with E-state index in [1.165, 1.54) is 5.01 Å². The molecule has 0 aliphatic heterocycles. The standard InChI is InChI=1S/C12H19N3O2.Na.H/c1-12(2,3)14(15(17)13-16)10-9-11-7-5-4-6-8-11;;/h4-8,16H,9-10H2,1-3H3;;. The zero-order chi connectivity index (χ0) is 12.9. The molecular formula is C12H20N3NaO2. The summed E-state index contributed by atoms with van der Waals surface area (Å²) < 4.78 is 0. The predicted octanol–water partition coefficient (Wildman–Crippen LogP) is 1.95. The predicted molar refractivity (Wildman–Crippen MR) is 71.6 cm³/mol. The molecule has 1 rings (SSSR count). The van der Waals surface area contributed by atoms with Gasteiger partial charge in [0.1, 0.15) is 0 Å². The topological polar surface area (TPSA) is 61.9 Å². The molecule has 6 heteroatoms. The minimum absolute atomic E-state index is 0. The molecule has 96 valence electrons. The van der Waals surface area contributed by atoms with E-state index >= 15 is 0 Å². The Balaban J connectivity index is 0.00000289. The number of nitrogens with zero attached hydrogens (tertiary/aromatic N) is 3. The summed E-state index contributed by atoms with van der Waals surface area (Å²) in [5, 5.41) is 24.1. The normalized spacial score (nSPS) is 11.8. The van der Waals surface area contributed by atoms with Gasteiger partial charge in [0.25, 0.3) is 0 Å². The fourth-order valence-electron chi connectivity index (χ4n) is 1.61. The third-order valence-corrected chi connectivity index (χ3v) is 2.51. The van der Waals surface area contributed by atoms with E-state index in [4.69, 9.17) is 5.21 Å². The summed E-state index contributed by atoms with van der Waals surface area (Å²) in [6.07, 6.45) is 0.729. The molecule has 0 radical (unpaired) electrons. The van der Waals surface area contributed by atoms with Crippen molar-refractivity contribution in [3.8, 4) is 0 Å². The summed E-state index contributed by atoms with van der Waals surface area (Å²) in [7, 11) is 0. The van der Waals surface area contributed by atoms with Crippen molar-refractivity contribution in [1.29, 1.82) is 0 Å². The van der Waals surface area contributed by atoms with E-state index < -0.39 is 0 Å². The van der Waals surface area contributed by atoms with Crippen molar-refractivity contribution in [2.75, 3.05) is 6.54 Å². The van der Waals surface area contributed by atoms with Gasteiger partial charge in [0.2, 0.25) is 5.28 Å². The van der Waals surface area contributed by atoms with Crippen molar-refractivity contribution in [1.82, 2.24) is 5.01 Å². The molecule has 5 nitrogen and oxygen atoms in total. The summed E-state index contributed by atoms with van der Waals surface area (Å²) in [4.78, 5) is 0.239. The van der Waals surface area contributed by atoms with Gasteiger partial charge >= 0.3 is 29.6 Å². The summed E-state index contributed by atoms with van der Waals surface area (Å²) in [5.41, 5.74) is 0.760. The van der Waals surface area contributed by atoms with Crippen LogP contribution < -0.4 is 0 Å². The van der Waals surface area contributed by atoms with Crippen LogP contribution in [0, 0.1) is 5.21 Å². The third kappa shape index (κ3) is 5.25. The zero-order valence-electron chi connectivity index (χ0n) is 10.5. The molecule has 1 aromatic carbocycles. The molecular weight excluding hydrogens is 241 g/mol. The van der Waals surface area contributed by atoms with Crippen LogP contribution in [0.1, 0.15) is 26.3 Å². The third-order valence-electron chi connectivity index (χ3n) is 2.51. The Morgan fingerprint density at radius 1 is 1.28 bits per heavy atom. The van der Waals surface area contributed by atoms with E-state index in [-0.39, 0.29) is 40.1 Å². The molecule has 0 unspecified atom stereocenters. The summed E-state index contributed by atoms with van der Waals surface area (Å²) in [5.74, 6) is 0. The van der Waals surface area contributed by atoms with Gasteiger partial charge in [-0.1, -0.05) is 30.3 Å². The van der Waals surface area contributed by atoms with Crippen LogP contribution in [-0.2, 0) is 6.42 Å². The number of benzene rings is 1. The Hall–Kier alpha value is -0.780. The molecule has 0 atom stereocenters. The fraction of sp³-hybridized carbons (Fsp3) is 0.500. The first-order chi connectivity index (χ1) is 7.95. The Bertz CT molecular complexity index is 377. The second-order valence-corrected chi connectivity index (χ2v) is 4.87. The molecule has 1 N–H and O–H groups in total. The van der Waals surface area contributed by atoms with Gasteiger partial charge < -0.3 is 10.4 Å². The van der Waals surface area contributed by atoms with Gasteiger partial charge in [-0.3, -0.25) is 0 Å². The maximum absolute atomic E-state index is 11.4. The quantitative estimate of drug-likeness (QED) is 0.390.